The Kier molecular flexibility index (Phi) is 6.91. The zero-order chi connectivity index (χ0) is 16.5. The van der Waals surface area contributed by atoms with Gasteiger partial charge in [0.15, 0.2) is 5.96 Å². The molecule has 0 unspecified atom stereocenters. The van der Waals surface area contributed by atoms with E-state index >= 15 is 0 Å². The number of nitrogens with one attached hydrogen (secondary N) is 2. The molecule has 0 aromatic heterocycles. The average molecular weight is 316 g/mol. The van der Waals surface area contributed by atoms with Crippen molar-refractivity contribution in [2.24, 2.45) is 16.6 Å². The lowest BCUT2D eigenvalue weighted by Crippen LogP contribution is -2.32. The molecule has 126 valence electrons. The zero-order valence-electron chi connectivity index (χ0n) is 14.0. The van der Waals surface area contributed by atoms with Gasteiger partial charge in [0.25, 0.3) is 0 Å². The lowest BCUT2D eigenvalue weighted by atomic mass is 10.1. The molecule has 1 fully saturated rings. The molecular weight excluding hydrogens is 288 g/mol. The number of carbonyl (C=O) groups excluding carboxylic acids is 1. The SMILES string of the molecule is CCCCNC(N)=NCc1cccc(NC(=O)C2CCCC2)c1. The summed E-state index contributed by atoms with van der Waals surface area (Å²) >= 11 is 0. The maximum Gasteiger partial charge on any atom is 0.227 e. The lowest BCUT2D eigenvalue weighted by molar-refractivity contribution is -0.119. The van der Waals surface area contributed by atoms with E-state index in [2.05, 4.69) is 22.5 Å². The van der Waals surface area contributed by atoms with Crippen molar-refractivity contribution >= 4 is 17.6 Å². The van der Waals surface area contributed by atoms with Crippen LogP contribution in [-0.2, 0) is 11.3 Å². The molecule has 0 spiro atoms. The fraction of sp³-hybridized carbons (Fsp3) is 0.556. The summed E-state index contributed by atoms with van der Waals surface area (Å²) in [6.45, 7) is 3.50. The minimum absolute atomic E-state index is 0.142. The van der Waals surface area contributed by atoms with Crippen molar-refractivity contribution in [3.63, 3.8) is 0 Å². The monoisotopic (exact) mass is 316 g/mol. The number of guanidine groups is 1. The van der Waals surface area contributed by atoms with Gasteiger partial charge in [0, 0.05) is 18.2 Å². The maximum absolute atomic E-state index is 12.2. The van der Waals surface area contributed by atoms with Crippen molar-refractivity contribution in [3.8, 4) is 0 Å². The van der Waals surface area contributed by atoms with Gasteiger partial charge in [-0.3, -0.25) is 4.79 Å². The predicted molar refractivity (Wildman–Crippen MR) is 95.3 cm³/mol. The van der Waals surface area contributed by atoms with Crippen LogP contribution in [0.25, 0.3) is 0 Å². The predicted octanol–water partition coefficient (Wildman–Crippen LogP) is 3.02. The molecule has 0 saturated heterocycles. The van der Waals surface area contributed by atoms with Gasteiger partial charge in [0.05, 0.1) is 6.54 Å². The topological polar surface area (TPSA) is 79.5 Å². The summed E-state index contributed by atoms with van der Waals surface area (Å²) in [6.07, 6.45) is 6.56. The summed E-state index contributed by atoms with van der Waals surface area (Å²) in [6, 6.07) is 7.82. The third kappa shape index (κ3) is 5.93. The van der Waals surface area contributed by atoms with Gasteiger partial charge < -0.3 is 16.4 Å². The Bertz CT molecular complexity index is 536. The number of aliphatic imine (C=N–C) groups is 1. The quantitative estimate of drug-likeness (QED) is 0.411. The maximum atomic E-state index is 12.2. The number of hydrogen-bond acceptors (Lipinski definition) is 2. The molecule has 5 heteroatoms. The Labute approximate surface area is 138 Å². The highest BCUT2D eigenvalue weighted by molar-refractivity contribution is 5.92. The number of unbranched alkanes of at least 4 members (excludes halogenated alkanes) is 1. The van der Waals surface area contributed by atoms with Crippen LogP contribution in [0, 0.1) is 5.92 Å². The number of nitrogens with zero attached hydrogens (tertiary/aromatic N) is 1. The Morgan fingerprint density at radius 3 is 2.87 bits per heavy atom. The molecule has 1 aromatic carbocycles. The molecule has 2 rings (SSSR count). The second-order valence-electron chi connectivity index (χ2n) is 6.15. The van der Waals surface area contributed by atoms with Crippen molar-refractivity contribution in [1.29, 1.82) is 0 Å². The van der Waals surface area contributed by atoms with Crippen LogP contribution in [-0.4, -0.2) is 18.4 Å². The molecule has 0 heterocycles. The summed E-state index contributed by atoms with van der Waals surface area (Å²) in [5.41, 5.74) is 7.71. The molecular formula is C18H28N4O. The number of amides is 1. The summed E-state index contributed by atoms with van der Waals surface area (Å²) in [5.74, 6) is 0.790. The van der Waals surface area contributed by atoms with Crippen LogP contribution < -0.4 is 16.4 Å². The van der Waals surface area contributed by atoms with E-state index < -0.39 is 0 Å². The molecule has 0 bridgehead atoms. The molecule has 23 heavy (non-hydrogen) atoms. The zero-order valence-corrected chi connectivity index (χ0v) is 14.0. The van der Waals surface area contributed by atoms with Crippen LogP contribution >= 0.6 is 0 Å². The molecule has 0 atom stereocenters. The molecule has 1 aromatic rings. The van der Waals surface area contributed by atoms with Crippen molar-refractivity contribution < 1.29 is 4.79 Å². The summed E-state index contributed by atoms with van der Waals surface area (Å²) in [4.78, 5) is 16.5. The summed E-state index contributed by atoms with van der Waals surface area (Å²) in [7, 11) is 0. The third-order valence-electron chi connectivity index (χ3n) is 4.19. The first kappa shape index (κ1) is 17.3. The first-order chi connectivity index (χ1) is 11.2. The van der Waals surface area contributed by atoms with E-state index in [0.29, 0.717) is 12.5 Å². The minimum atomic E-state index is 0.142. The number of hydrogen-bond donors (Lipinski definition) is 3. The highest BCUT2D eigenvalue weighted by atomic mass is 16.1. The van der Waals surface area contributed by atoms with Crippen molar-refractivity contribution in [1.82, 2.24) is 5.32 Å². The number of benzene rings is 1. The van der Waals surface area contributed by atoms with Crippen LogP contribution in [0.1, 0.15) is 51.0 Å². The second kappa shape index (κ2) is 9.18. The van der Waals surface area contributed by atoms with Gasteiger partial charge in [-0.2, -0.15) is 0 Å². The Morgan fingerprint density at radius 1 is 1.35 bits per heavy atom. The molecule has 1 aliphatic rings. The van der Waals surface area contributed by atoms with E-state index in [0.717, 1.165) is 56.3 Å². The van der Waals surface area contributed by atoms with E-state index in [-0.39, 0.29) is 11.8 Å². The minimum Gasteiger partial charge on any atom is -0.370 e. The van der Waals surface area contributed by atoms with E-state index in [1.807, 2.05) is 24.3 Å². The van der Waals surface area contributed by atoms with Gasteiger partial charge in [0.2, 0.25) is 5.91 Å². The molecule has 1 saturated carbocycles. The highest BCUT2D eigenvalue weighted by Crippen LogP contribution is 2.26. The van der Waals surface area contributed by atoms with Crippen LogP contribution in [0.15, 0.2) is 29.3 Å². The first-order valence-corrected chi connectivity index (χ1v) is 8.62. The van der Waals surface area contributed by atoms with Crippen LogP contribution in [0.4, 0.5) is 5.69 Å². The number of anilines is 1. The molecule has 1 amide bonds. The molecule has 0 aliphatic heterocycles. The van der Waals surface area contributed by atoms with Gasteiger partial charge in [-0.05, 0) is 37.0 Å². The normalized spacial score (nSPS) is 15.6. The molecule has 0 radical (unpaired) electrons. The van der Waals surface area contributed by atoms with E-state index in [4.69, 9.17) is 5.73 Å². The summed E-state index contributed by atoms with van der Waals surface area (Å²) in [5, 5.41) is 6.12. The van der Waals surface area contributed by atoms with Gasteiger partial charge in [-0.1, -0.05) is 38.3 Å². The highest BCUT2D eigenvalue weighted by Gasteiger charge is 2.22. The fourth-order valence-corrected chi connectivity index (χ4v) is 2.81. The largest absolute Gasteiger partial charge is 0.370 e. The van der Waals surface area contributed by atoms with E-state index in [1.165, 1.54) is 0 Å². The molecule has 4 N–H and O–H groups in total. The van der Waals surface area contributed by atoms with Crippen LogP contribution in [0.5, 0.6) is 0 Å². The Hall–Kier alpha value is -2.04. The van der Waals surface area contributed by atoms with Crippen molar-refractivity contribution in [2.75, 3.05) is 11.9 Å². The Morgan fingerprint density at radius 2 is 2.13 bits per heavy atom. The lowest BCUT2D eigenvalue weighted by Gasteiger charge is -2.11. The Balaban J connectivity index is 1.86. The van der Waals surface area contributed by atoms with Gasteiger partial charge >= 0.3 is 0 Å². The second-order valence-corrected chi connectivity index (χ2v) is 6.15. The van der Waals surface area contributed by atoms with E-state index in [1.54, 1.807) is 0 Å². The number of nitrogens with two attached hydrogens (primary N) is 1. The fourth-order valence-electron chi connectivity index (χ4n) is 2.81. The van der Waals surface area contributed by atoms with Crippen molar-refractivity contribution in [2.45, 2.75) is 52.0 Å². The molecule has 5 nitrogen and oxygen atoms in total. The smallest absolute Gasteiger partial charge is 0.227 e. The first-order valence-electron chi connectivity index (χ1n) is 8.62. The number of rotatable bonds is 7. The molecule has 1 aliphatic carbocycles. The van der Waals surface area contributed by atoms with Crippen LogP contribution in [0.3, 0.4) is 0 Å². The van der Waals surface area contributed by atoms with Gasteiger partial charge in [-0.15, -0.1) is 0 Å². The van der Waals surface area contributed by atoms with Gasteiger partial charge in [-0.25, -0.2) is 4.99 Å². The van der Waals surface area contributed by atoms with E-state index in [9.17, 15) is 4.79 Å². The number of carbonyl (C=O) groups is 1. The van der Waals surface area contributed by atoms with Gasteiger partial charge in [0.1, 0.15) is 0 Å². The third-order valence-corrected chi connectivity index (χ3v) is 4.19. The standard InChI is InChI=1S/C18H28N4O/c1-2-3-11-20-18(19)21-13-14-7-6-10-16(12-14)22-17(23)15-8-4-5-9-15/h6-7,10,12,15H,2-5,8-9,11,13H2,1H3,(H,22,23)(H3,19,20,21). The summed E-state index contributed by atoms with van der Waals surface area (Å²) < 4.78 is 0. The van der Waals surface area contributed by atoms with Crippen molar-refractivity contribution in [3.05, 3.63) is 29.8 Å². The van der Waals surface area contributed by atoms with Crippen LogP contribution in [0.2, 0.25) is 0 Å². The average Bonchev–Trinajstić information content (AvgIpc) is 3.08.